The molecule has 9 nitrogen and oxygen atoms in total. The molecule has 0 N–H and O–H groups in total. The highest BCUT2D eigenvalue weighted by Gasteiger charge is 2.56. The van der Waals surface area contributed by atoms with Crippen LogP contribution in [0.4, 0.5) is 0 Å². The Bertz CT molecular complexity index is 1380. The summed E-state index contributed by atoms with van der Waals surface area (Å²) in [6, 6.07) is 18.2. The molecule has 0 aromatic heterocycles. The fraction of sp³-hybridized carbons (Fsp3) is 0.714. The van der Waals surface area contributed by atoms with Gasteiger partial charge in [0.05, 0.1) is 69.2 Å². The smallest absolute Gasteiger partial charge is 0.200 e. The number of benzene rings is 2. The maximum atomic E-state index is 7.62. The number of ether oxygens (including phenoxy) is 8. The van der Waals surface area contributed by atoms with Crippen LogP contribution in [0.3, 0.4) is 0 Å². The Kier molecular flexibility index (Phi) is 12.5. The molecule has 7 rings (SSSR count). The highest BCUT2D eigenvalue weighted by atomic mass is 28.4. The van der Waals surface area contributed by atoms with Gasteiger partial charge < -0.3 is 42.3 Å². The number of hydrogen-bond acceptors (Lipinski definition) is 9. The molecule has 288 valence electrons. The summed E-state index contributed by atoms with van der Waals surface area (Å²) in [5.74, 6) is 0.812. The van der Waals surface area contributed by atoms with Gasteiger partial charge in [0.15, 0.2) is 6.29 Å². The lowest BCUT2D eigenvalue weighted by molar-refractivity contribution is -0.281. The molecule has 0 saturated carbocycles. The zero-order valence-corrected chi connectivity index (χ0v) is 33.3. The molecule has 0 aliphatic carbocycles. The van der Waals surface area contributed by atoms with Gasteiger partial charge in [0.2, 0.25) is 8.32 Å². The molecule has 0 spiro atoms. The zero-order valence-electron chi connectivity index (χ0n) is 32.3. The van der Waals surface area contributed by atoms with Crippen molar-refractivity contribution in [1.82, 2.24) is 0 Å². The first-order valence-electron chi connectivity index (χ1n) is 20.0. The number of methoxy groups -OCH3 is 1. The SMILES string of the molecule is COc1ccc([C@@H]2OC[C@H]3O[C@H]4C[C@H]5O[C@H]6C[C@H](CCOCc7ccccc7)O[C@@H]6C[C@H](O[Si](C(C)C)(C(C)C)C(C)C)[C@@H]5O[C@@H]4CC[C@@H]3O2)cc1. The van der Waals surface area contributed by atoms with E-state index in [0.29, 0.717) is 36.4 Å². The van der Waals surface area contributed by atoms with Crippen molar-refractivity contribution in [2.45, 2.75) is 171 Å². The van der Waals surface area contributed by atoms with E-state index in [1.54, 1.807) is 7.11 Å². The maximum absolute atomic E-state index is 7.62. The van der Waals surface area contributed by atoms with Gasteiger partial charge in [0.25, 0.3) is 0 Å². The van der Waals surface area contributed by atoms with E-state index in [4.69, 9.17) is 42.3 Å². The molecule has 0 radical (unpaired) electrons. The van der Waals surface area contributed by atoms with Crippen molar-refractivity contribution in [3.63, 3.8) is 0 Å². The monoisotopic (exact) mass is 738 g/mol. The van der Waals surface area contributed by atoms with E-state index < -0.39 is 14.6 Å². The lowest BCUT2D eigenvalue weighted by Crippen LogP contribution is -2.58. The fourth-order valence-electron chi connectivity index (χ4n) is 9.88. The van der Waals surface area contributed by atoms with Gasteiger partial charge in [0, 0.05) is 31.4 Å². The van der Waals surface area contributed by atoms with Gasteiger partial charge in [-0.15, -0.1) is 0 Å². The normalized spacial score (nSPS) is 35.0. The first-order chi connectivity index (χ1) is 25.1. The Balaban J connectivity index is 1.06. The molecule has 5 fully saturated rings. The lowest BCUT2D eigenvalue weighted by Gasteiger charge is -2.49. The zero-order chi connectivity index (χ0) is 36.4. The molecule has 52 heavy (non-hydrogen) atoms. The maximum Gasteiger partial charge on any atom is 0.200 e. The average molecular weight is 739 g/mol. The largest absolute Gasteiger partial charge is 0.497 e. The quantitative estimate of drug-likeness (QED) is 0.158. The van der Waals surface area contributed by atoms with Gasteiger partial charge >= 0.3 is 0 Å². The average Bonchev–Trinajstić information content (AvgIpc) is 3.34. The molecule has 10 heteroatoms. The number of fused-ring (bicyclic) bond motifs is 4. The van der Waals surface area contributed by atoms with Crippen molar-refractivity contribution in [3.8, 4) is 5.75 Å². The van der Waals surface area contributed by atoms with Gasteiger partial charge in [-0.05, 0) is 53.6 Å². The van der Waals surface area contributed by atoms with Crippen LogP contribution in [0.5, 0.6) is 5.75 Å². The fourth-order valence-corrected chi connectivity index (χ4v) is 15.5. The first kappa shape index (κ1) is 38.4. The number of rotatable bonds is 12. The second-order valence-electron chi connectivity index (χ2n) is 16.6. The van der Waals surface area contributed by atoms with Crippen molar-refractivity contribution >= 4 is 8.32 Å². The van der Waals surface area contributed by atoms with Crippen molar-refractivity contribution in [3.05, 3.63) is 65.7 Å². The third-order valence-corrected chi connectivity index (χ3v) is 18.5. The van der Waals surface area contributed by atoms with Gasteiger partial charge in [-0.1, -0.05) is 84.0 Å². The predicted molar refractivity (Wildman–Crippen MR) is 201 cm³/mol. The molecule has 2 aromatic rings. The Hall–Kier alpha value is -1.86. The molecular formula is C42H62O9Si. The van der Waals surface area contributed by atoms with Crippen LogP contribution in [-0.2, 0) is 44.2 Å². The number of hydrogen-bond donors (Lipinski definition) is 0. The predicted octanol–water partition coefficient (Wildman–Crippen LogP) is 8.30. The van der Waals surface area contributed by atoms with Crippen LogP contribution in [-0.4, -0.2) is 89.7 Å². The second-order valence-corrected chi connectivity index (χ2v) is 22.0. The topological polar surface area (TPSA) is 83.1 Å². The van der Waals surface area contributed by atoms with Crippen LogP contribution in [0.25, 0.3) is 0 Å². The van der Waals surface area contributed by atoms with E-state index in [1.165, 1.54) is 5.56 Å². The van der Waals surface area contributed by atoms with Crippen molar-refractivity contribution < 1.29 is 42.3 Å². The highest BCUT2D eigenvalue weighted by molar-refractivity contribution is 6.77. The van der Waals surface area contributed by atoms with E-state index in [-0.39, 0.29) is 61.0 Å². The molecule has 0 bridgehead atoms. The van der Waals surface area contributed by atoms with Gasteiger partial charge in [0.1, 0.15) is 18.0 Å². The summed E-state index contributed by atoms with van der Waals surface area (Å²) in [7, 11) is -0.570. The summed E-state index contributed by atoms with van der Waals surface area (Å²) >= 11 is 0. The van der Waals surface area contributed by atoms with Crippen molar-refractivity contribution in [2.75, 3.05) is 20.3 Å². The summed E-state index contributed by atoms with van der Waals surface area (Å²) in [5, 5.41) is 0. The van der Waals surface area contributed by atoms with Crippen molar-refractivity contribution in [2.24, 2.45) is 0 Å². The Morgan fingerprint density at radius 2 is 1.33 bits per heavy atom. The third-order valence-electron chi connectivity index (χ3n) is 12.4. The van der Waals surface area contributed by atoms with E-state index in [1.807, 2.05) is 30.3 Å². The molecule has 5 aliphatic heterocycles. The molecule has 0 unspecified atom stereocenters. The minimum Gasteiger partial charge on any atom is -0.497 e. The van der Waals surface area contributed by atoms with Gasteiger partial charge in [-0.2, -0.15) is 0 Å². The second kappa shape index (κ2) is 16.9. The molecule has 0 amide bonds. The standard InChI is InChI=1S/C42H62O9Si/c1-26(2)52(27(3)4,28(5)6)51-39-23-37-35(21-32(46-37)19-20-44-24-29-11-9-8-10-12-29)47-38-22-36-33(49-41(38)39)17-18-34-40(48-36)25-45-42(50-34)30-13-15-31(43-7)16-14-30/h8-16,26-28,32-42H,17-25H2,1-7H3/t32-,33+,34-,35-,36-,37+,38+,39-,40+,41+,42+/m0/s1. The van der Waals surface area contributed by atoms with E-state index in [0.717, 1.165) is 49.8 Å². The van der Waals surface area contributed by atoms with E-state index in [9.17, 15) is 0 Å². The molecule has 11 atom stereocenters. The van der Waals surface area contributed by atoms with E-state index >= 15 is 0 Å². The molecule has 2 aromatic carbocycles. The lowest BCUT2D eigenvalue weighted by atomic mass is 9.92. The van der Waals surface area contributed by atoms with Gasteiger partial charge in [-0.3, -0.25) is 0 Å². The summed E-state index contributed by atoms with van der Waals surface area (Å²) < 4.78 is 59.7. The van der Waals surface area contributed by atoms with Crippen LogP contribution >= 0.6 is 0 Å². The minimum atomic E-state index is -2.24. The Morgan fingerprint density at radius 3 is 2.02 bits per heavy atom. The van der Waals surface area contributed by atoms with Crippen LogP contribution in [0.15, 0.2) is 54.6 Å². The third kappa shape index (κ3) is 8.21. The highest BCUT2D eigenvalue weighted by Crippen LogP contribution is 2.48. The van der Waals surface area contributed by atoms with Crippen LogP contribution in [0.2, 0.25) is 16.6 Å². The summed E-state index contributed by atoms with van der Waals surface area (Å²) in [5.41, 5.74) is 3.55. The van der Waals surface area contributed by atoms with Crippen molar-refractivity contribution in [1.29, 1.82) is 0 Å². The summed E-state index contributed by atoms with van der Waals surface area (Å²) in [4.78, 5) is 0. The molecule has 5 heterocycles. The summed E-state index contributed by atoms with van der Waals surface area (Å²) in [6.07, 6.45) is 3.68. The van der Waals surface area contributed by atoms with Crippen LogP contribution < -0.4 is 4.74 Å². The Morgan fingerprint density at radius 1 is 0.673 bits per heavy atom. The molecular weight excluding hydrogens is 677 g/mol. The molecule has 5 aliphatic rings. The van der Waals surface area contributed by atoms with E-state index in [2.05, 4.69) is 65.8 Å². The minimum absolute atomic E-state index is 0.0151. The Labute approximate surface area is 312 Å². The van der Waals surface area contributed by atoms with Crippen LogP contribution in [0, 0.1) is 0 Å². The first-order valence-corrected chi connectivity index (χ1v) is 22.1. The van der Waals surface area contributed by atoms with Gasteiger partial charge in [-0.25, -0.2) is 0 Å². The molecule has 5 saturated heterocycles. The summed E-state index contributed by atoms with van der Waals surface area (Å²) in [6.45, 7) is 15.9. The van der Waals surface area contributed by atoms with Crippen LogP contribution in [0.1, 0.15) is 97.5 Å².